The zero-order valence-electron chi connectivity index (χ0n) is 20.4. The van der Waals surface area contributed by atoms with Crippen molar-refractivity contribution in [3.05, 3.63) is 109 Å². The van der Waals surface area contributed by atoms with Crippen LogP contribution in [0, 0.1) is 0 Å². The monoisotopic (exact) mass is 556 g/mol. The molecule has 10 nitrogen and oxygen atoms in total. The molecule has 2 unspecified atom stereocenters. The molecule has 194 valence electrons. The fourth-order valence-electron chi connectivity index (χ4n) is 4.52. The van der Waals surface area contributed by atoms with E-state index in [0.29, 0.717) is 27.5 Å². The van der Waals surface area contributed by atoms with E-state index in [4.69, 9.17) is 14.8 Å². The van der Waals surface area contributed by atoms with Gasteiger partial charge in [0, 0.05) is 22.3 Å². The van der Waals surface area contributed by atoms with Gasteiger partial charge in [-0.15, -0.1) is 0 Å². The van der Waals surface area contributed by atoms with Gasteiger partial charge in [-0.25, -0.2) is 9.13 Å². The van der Waals surface area contributed by atoms with Gasteiger partial charge in [-0.3, -0.25) is 10.2 Å². The Kier molecular flexibility index (Phi) is 5.87. The summed E-state index contributed by atoms with van der Waals surface area (Å²) in [6.45, 7) is 7.60. The molecule has 0 fully saturated rings. The molecule has 0 spiro atoms. The third kappa shape index (κ3) is 4.20. The molecule has 0 bridgehead atoms. The number of para-hydroxylation sites is 1. The summed E-state index contributed by atoms with van der Waals surface area (Å²) in [5, 5.41) is 6.46. The predicted octanol–water partition coefficient (Wildman–Crippen LogP) is 5.49. The van der Waals surface area contributed by atoms with Crippen LogP contribution >= 0.6 is 15.0 Å². The molecule has 3 aromatic carbocycles. The Balaban J connectivity index is 1.38. The number of nitrogen functional groups attached to an aromatic ring is 1. The Morgan fingerprint density at radius 2 is 1.23 bits per heavy atom. The van der Waals surface area contributed by atoms with E-state index in [-0.39, 0.29) is 23.6 Å². The summed E-state index contributed by atoms with van der Waals surface area (Å²) in [5.41, 5.74) is 8.87. The van der Waals surface area contributed by atoms with E-state index in [2.05, 4.69) is 38.3 Å². The first-order valence-electron chi connectivity index (χ1n) is 11.8. The van der Waals surface area contributed by atoms with E-state index >= 15 is 0 Å². The second kappa shape index (κ2) is 9.27. The van der Waals surface area contributed by atoms with Crippen molar-refractivity contribution in [2.45, 2.75) is 0 Å². The third-order valence-corrected chi connectivity index (χ3v) is 10.1. The number of nitrogens with one attached hydrogen (secondary N) is 2. The molecule has 0 amide bonds. The second-order valence-electron chi connectivity index (χ2n) is 8.57. The SMILES string of the molecule is C=CC1=C(C=C)c2ccccc2P(=O)(Nc2nc(N)nc(NP3(=O)Oc4ccccc4-c4ccccc43)n2)O1. The Labute approximate surface area is 224 Å². The van der Waals surface area contributed by atoms with Gasteiger partial charge >= 0.3 is 15.0 Å². The van der Waals surface area contributed by atoms with Crippen molar-refractivity contribution in [3.63, 3.8) is 0 Å². The number of hydrogen-bond donors (Lipinski definition) is 3. The van der Waals surface area contributed by atoms with E-state index in [1.165, 1.54) is 6.08 Å². The van der Waals surface area contributed by atoms with Crippen LogP contribution in [0.15, 0.2) is 104 Å². The highest BCUT2D eigenvalue weighted by Gasteiger charge is 2.39. The highest BCUT2D eigenvalue weighted by atomic mass is 31.2. The number of nitrogens with two attached hydrogens (primary N) is 1. The van der Waals surface area contributed by atoms with Crippen LogP contribution in [0.5, 0.6) is 5.75 Å². The van der Waals surface area contributed by atoms with Crippen LogP contribution in [0.1, 0.15) is 5.56 Å². The molecule has 0 radical (unpaired) electrons. The topological polar surface area (TPSA) is 141 Å². The number of anilines is 3. The lowest BCUT2D eigenvalue weighted by atomic mass is 10.0. The van der Waals surface area contributed by atoms with Crippen LogP contribution in [-0.4, -0.2) is 15.0 Å². The van der Waals surface area contributed by atoms with Gasteiger partial charge in [0.1, 0.15) is 11.5 Å². The Hall–Kier alpha value is -4.65. The molecule has 0 saturated carbocycles. The number of nitrogens with zero attached hydrogens (tertiary/aromatic N) is 3. The van der Waals surface area contributed by atoms with Crippen LogP contribution in [-0.2, 0) is 13.7 Å². The minimum atomic E-state index is -3.81. The highest BCUT2D eigenvalue weighted by Crippen LogP contribution is 2.55. The second-order valence-corrected chi connectivity index (χ2v) is 12.5. The number of fused-ring (bicyclic) bond motifs is 4. The molecular weight excluding hydrogens is 534 g/mol. The van der Waals surface area contributed by atoms with Crippen molar-refractivity contribution in [1.29, 1.82) is 0 Å². The summed E-state index contributed by atoms with van der Waals surface area (Å²) in [4.78, 5) is 12.5. The van der Waals surface area contributed by atoms with Gasteiger partial charge < -0.3 is 14.8 Å². The van der Waals surface area contributed by atoms with E-state index in [0.717, 1.165) is 11.1 Å². The maximum atomic E-state index is 14.2. The molecule has 2 aliphatic rings. The van der Waals surface area contributed by atoms with Crippen molar-refractivity contribution in [3.8, 4) is 16.9 Å². The fourth-order valence-corrected chi connectivity index (χ4v) is 8.25. The van der Waals surface area contributed by atoms with Gasteiger partial charge in [0.15, 0.2) is 0 Å². The largest absolute Gasteiger partial charge is 0.425 e. The summed E-state index contributed by atoms with van der Waals surface area (Å²) in [7, 11) is -7.56. The number of benzene rings is 3. The number of rotatable bonds is 6. The molecule has 2 atom stereocenters. The molecule has 3 heterocycles. The van der Waals surface area contributed by atoms with Gasteiger partial charge in [0.25, 0.3) is 0 Å². The Morgan fingerprint density at radius 1 is 0.692 bits per heavy atom. The van der Waals surface area contributed by atoms with Gasteiger partial charge in [-0.1, -0.05) is 73.8 Å². The molecule has 4 N–H and O–H groups in total. The molecule has 6 rings (SSSR count). The molecule has 12 heteroatoms. The van der Waals surface area contributed by atoms with Crippen LogP contribution in [0.25, 0.3) is 16.7 Å². The van der Waals surface area contributed by atoms with Crippen LogP contribution in [0.4, 0.5) is 17.8 Å². The molecule has 4 aromatic rings. The van der Waals surface area contributed by atoms with Crippen molar-refractivity contribution in [1.82, 2.24) is 15.0 Å². The Morgan fingerprint density at radius 3 is 1.87 bits per heavy atom. The third-order valence-electron chi connectivity index (χ3n) is 6.17. The summed E-state index contributed by atoms with van der Waals surface area (Å²) in [6, 6.07) is 21.6. The minimum Gasteiger partial charge on any atom is -0.425 e. The fraction of sp³-hybridized carbons (Fsp3) is 0. The zero-order chi connectivity index (χ0) is 27.2. The standard InChI is InChI=1S/C27H22N6O4P2/c1-3-17-19-12-6-9-15-23(19)38(34,36-21(17)4-2)32-26-29-25(28)30-27(31-26)33-39(35)24-16-10-7-13-20(24)18-11-5-8-14-22(18)37-39/h3-16H,1-2H2,(H4,28,29,30,31,32,33,34,35). The summed E-state index contributed by atoms with van der Waals surface area (Å²) in [5.74, 6) is 0.257. The van der Waals surface area contributed by atoms with E-state index < -0.39 is 15.0 Å². The normalized spacial score (nSPS) is 20.8. The quantitative estimate of drug-likeness (QED) is 0.261. The average Bonchev–Trinajstić information content (AvgIpc) is 2.92. The summed E-state index contributed by atoms with van der Waals surface area (Å²) < 4.78 is 40.2. The van der Waals surface area contributed by atoms with Gasteiger partial charge in [0.2, 0.25) is 17.8 Å². The van der Waals surface area contributed by atoms with E-state index in [9.17, 15) is 9.13 Å². The first-order chi connectivity index (χ1) is 18.8. The Bertz CT molecular complexity index is 1800. The highest BCUT2D eigenvalue weighted by molar-refractivity contribution is 7.69. The number of aromatic nitrogens is 3. The smallest absolute Gasteiger partial charge is 0.374 e. The first kappa shape index (κ1) is 24.7. The van der Waals surface area contributed by atoms with Gasteiger partial charge in [0.05, 0.1) is 10.6 Å². The van der Waals surface area contributed by atoms with Crippen molar-refractivity contribution in [2.24, 2.45) is 0 Å². The molecular formula is C27H22N6O4P2. The lowest BCUT2D eigenvalue weighted by molar-refractivity contribution is 0.430. The molecule has 2 aliphatic heterocycles. The maximum absolute atomic E-state index is 14.2. The zero-order valence-corrected chi connectivity index (χ0v) is 22.2. The predicted molar refractivity (Wildman–Crippen MR) is 153 cm³/mol. The lowest BCUT2D eigenvalue weighted by Gasteiger charge is -2.29. The van der Waals surface area contributed by atoms with Crippen LogP contribution in [0.2, 0.25) is 0 Å². The van der Waals surface area contributed by atoms with Gasteiger partial charge in [-0.2, -0.15) is 15.0 Å². The minimum absolute atomic E-state index is 0.134. The molecule has 0 saturated heterocycles. The van der Waals surface area contributed by atoms with E-state index in [1.807, 2.05) is 36.4 Å². The number of allylic oxidation sites excluding steroid dienone is 3. The molecule has 39 heavy (non-hydrogen) atoms. The number of hydrogen-bond acceptors (Lipinski definition) is 8. The van der Waals surface area contributed by atoms with Crippen LogP contribution in [0.3, 0.4) is 0 Å². The lowest BCUT2D eigenvalue weighted by Crippen LogP contribution is -2.24. The first-order valence-corrected chi connectivity index (χ1v) is 15.0. The van der Waals surface area contributed by atoms with E-state index in [1.54, 1.807) is 42.5 Å². The molecule has 1 aromatic heterocycles. The van der Waals surface area contributed by atoms with Crippen molar-refractivity contribution < 1.29 is 18.2 Å². The maximum Gasteiger partial charge on any atom is 0.374 e. The van der Waals surface area contributed by atoms with Crippen molar-refractivity contribution >= 4 is 49.1 Å². The van der Waals surface area contributed by atoms with Gasteiger partial charge in [-0.05, 0) is 24.3 Å². The summed E-state index contributed by atoms with van der Waals surface area (Å²) in [6.07, 6.45) is 3.07. The molecule has 0 aliphatic carbocycles. The van der Waals surface area contributed by atoms with Crippen LogP contribution < -0.4 is 31.0 Å². The van der Waals surface area contributed by atoms with Crippen molar-refractivity contribution in [2.75, 3.05) is 15.9 Å². The summed E-state index contributed by atoms with van der Waals surface area (Å²) >= 11 is 0. The average molecular weight is 556 g/mol.